The van der Waals surface area contributed by atoms with E-state index in [2.05, 4.69) is 10.1 Å². The summed E-state index contributed by atoms with van der Waals surface area (Å²) >= 11 is 0. The number of benzene rings is 1. The number of nitrogens with zero attached hydrogens (tertiary/aromatic N) is 3. The maximum atomic E-state index is 12.9. The summed E-state index contributed by atoms with van der Waals surface area (Å²) in [4.78, 5) is 19.1. The van der Waals surface area contributed by atoms with Crippen molar-refractivity contribution in [1.29, 1.82) is 0 Å². The fourth-order valence-corrected chi connectivity index (χ4v) is 3.18. The van der Waals surface area contributed by atoms with E-state index >= 15 is 0 Å². The van der Waals surface area contributed by atoms with Gasteiger partial charge in [-0.2, -0.15) is 0 Å². The third-order valence-electron chi connectivity index (χ3n) is 4.63. The van der Waals surface area contributed by atoms with E-state index in [4.69, 9.17) is 4.52 Å². The zero-order chi connectivity index (χ0) is 18.5. The molecular formula is C21H23N3O2. The predicted molar refractivity (Wildman–Crippen MR) is 99.6 cm³/mol. The second kappa shape index (κ2) is 7.95. The standard InChI is InChI=1S/C21H23N3O2/c1-15-18(16(2)26-23-15)12-13-20(25)24(3)21(17-9-5-4-6-10-17)19-11-7-8-14-22-19/h4-11,14,21H,12-13H2,1-3H3. The first-order chi connectivity index (χ1) is 12.6. The van der Waals surface area contributed by atoms with Gasteiger partial charge in [-0.05, 0) is 38.0 Å². The van der Waals surface area contributed by atoms with E-state index in [0.717, 1.165) is 28.3 Å². The molecule has 0 aliphatic heterocycles. The normalized spacial score (nSPS) is 12.0. The summed E-state index contributed by atoms with van der Waals surface area (Å²) in [5.74, 6) is 0.840. The van der Waals surface area contributed by atoms with Crippen LogP contribution in [0.25, 0.3) is 0 Å². The van der Waals surface area contributed by atoms with Crippen LogP contribution < -0.4 is 0 Å². The quantitative estimate of drug-likeness (QED) is 0.678. The van der Waals surface area contributed by atoms with E-state index in [9.17, 15) is 4.79 Å². The van der Waals surface area contributed by atoms with Crippen LogP contribution in [0.15, 0.2) is 59.3 Å². The Morgan fingerprint density at radius 2 is 1.85 bits per heavy atom. The molecule has 0 aliphatic carbocycles. The van der Waals surface area contributed by atoms with Crippen molar-refractivity contribution in [3.8, 4) is 0 Å². The number of hydrogen-bond acceptors (Lipinski definition) is 4. The average molecular weight is 349 g/mol. The summed E-state index contributed by atoms with van der Waals surface area (Å²) in [7, 11) is 1.84. The molecule has 1 amide bonds. The number of carbonyl (C=O) groups is 1. The van der Waals surface area contributed by atoms with Crippen LogP contribution >= 0.6 is 0 Å². The van der Waals surface area contributed by atoms with Gasteiger partial charge in [-0.15, -0.1) is 0 Å². The number of carbonyl (C=O) groups excluding carboxylic acids is 1. The second-order valence-corrected chi connectivity index (χ2v) is 6.38. The molecule has 2 aromatic heterocycles. The maximum Gasteiger partial charge on any atom is 0.223 e. The Hall–Kier alpha value is -2.95. The molecule has 3 aromatic rings. The molecule has 0 aliphatic rings. The molecule has 0 saturated heterocycles. The van der Waals surface area contributed by atoms with Crippen LogP contribution in [-0.4, -0.2) is 28.0 Å². The molecule has 26 heavy (non-hydrogen) atoms. The van der Waals surface area contributed by atoms with Gasteiger partial charge >= 0.3 is 0 Å². The van der Waals surface area contributed by atoms with Crippen molar-refractivity contribution in [3.63, 3.8) is 0 Å². The van der Waals surface area contributed by atoms with E-state index in [0.29, 0.717) is 12.8 Å². The van der Waals surface area contributed by atoms with Crippen molar-refractivity contribution in [2.75, 3.05) is 7.05 Å². The molecule has 1 atom stereocenters. The van der Waals surface area contributed by atoms with Crippen LogP contribution in [0.4, 0.5) is 0 Å². The number of aryl methyl sites for hydroxylation is 2. The number of amides is 1. The zero-order valence-electron chi connectivity index (χ0n) is 15.3. The van der Waals surface area contributed by atoms with Gasteiger partial charge in [0.25, 0.3) is 0 Å². The first-order valence-corrected chi connectivity index (χ1v) is 8.71. The lowest BCUT2D eigenvalue weighted by atomic mass is 10.0. The Bertz CT molecular complexity index is 800. The van der Waals surface area contributed by atoms with Crippen LogP contribution in [0.5, 0.6) is 0 Å². The van der Waals surface area contributed by atoms with Gasteiger partial charge in [0.15, 0.2) is 0 Å². The minimum atomic E-state index is -0.213. The van der Waals surface area contributed by atoms with Gasteiger partial charge in [-0.25, -0.2) is 0 Å². The van der Waals surface area contributed by atoms with Crippen LogP contribution in [0.2, 0.25) is 0 Å². The predicted octanol–water partition coefficient (Wildman–Crippen LogP) is 3.87. The molecule has 1 aromatic carbocycles. The lowest BCUT2D eigenvalue weighted by Crippen LogP contribution is -2.32. The van der Waals surface area contributed by atoms with Gasteiger partial charge < -0.3 is 9.42 Å². The van der Waals surface area contributed by atoms with Gasteiger partial charge in [-0.3, -0.25) is 9.78 Å². The second-order valence-electron chi connectivity index (χ2n) is 6.38. The van der Waals surface area contributed by atoms with Gasteiger partial charge in [0.1, 0.15) is 5.76 Å². The largest absolute Gasteiger partial charge is 0.361 e. The van der Waals surface area contributed by atoms with Crippen LogP contribution in [0.3, 0.4) is 0 Å². The first kappa shape index (κ1) is 17.9. The van der Waals surface area contributed by atoms with E-state index in [1.54, 1.807) is 11.1 Å². The molecule has 2 heterocycles. The molecule has 0 bridgehead atoms. The van der Waals surface area contributed by atoms with Gasteiger partial charge in [0.05, 0.1) is 17.4 Å². The number of rotatable bonds is 6. The molecule has 5 nitrogen and oxygen atoms in total. The number of aromatic nitrogens is 2. The first-order valence-electron chi connectivity index (χ1n) is 8.71. The molecule has 3 rings (SSSR count). The molecule has 0 radical (unpaired) electrons. The molecule has 0 saturated carbocycles. The Labute approximate surface area is 153 Å². The SMILES string of the molecule is Cc1noc(C)c1CCC(=O)N(C)C(c1ccccc1)c1ccccn1. The minimum absolute atomic E-state index is 0.0597. The Balaban J connectivity index is 1.81. The van der Waals surface area contributed by atoms with E-state index in [1.165, 1.54) is 0 Å². The van der Waals surface area contributed by atoms with Gasteiger partial charge in [0.2, 0.25) is 5.91 Å². The molecule has 0 fully saturated rings. The molecular weight excluding hydrogens is 326 g/mol. The van der Waals surface area contributed by atoms with Crippen LogP contribution in [0, 0.1) is 13.8 Å². The lowest BCUT2D eigenvalue weighted by Gasteiger charge is -2.28. The van der Waals surface area contributed by atoms with Crippen molar-refractivity contribution < 1.29 is 9.32 Å². The smallest absolute Gasteiger partial charge is 0.223 e. The monoisotopic (exact) mass is 349 g/mol. The molecule has 5 heteroatoms. The third-order valence-corrected chi connectivity index (χ3v) is 4.63. The summed E-state index contributed by atoms with van der Waals surface area (Å²) in [6.07, 6.45) is 2.77. The van der Waals surface area contributed by atoms with Crippen molar-refractivity contribution in [2.24, 2.45) is 0 Å². The topological polar surface area (TPSA) is 59.2 Å². The highest BCUT2D eigenvalue weighted by Gasteiger charge is 2.24. The minimum Gasteiger partial charge on any atom is -0.361 e. The Kier molecular flexibility index (Phi) is 5.46. The summed E-state index contributed by atoms with van der Waals surface area (Å²) < 4.78 is 5.19. The summed E-state index contributed by atoms with van der Waals surface area (Å²) in [5.41, 5.74) is 3.76. The van der Waals surface area contributed by atoms with Gasteiger partial charge in [0, 0.05) is 25.2 Å². The Morgan fingerprint density at radius 1 is 1.12 bits per heavy atom. The molecule has 0 N–H and O–H groups in total. The van der Waals surface area contributed by atoms with Gasteiger partial charge in [-0.1, -0.05) is 41.6 Å². The molecule has 134 valence electrons. The van der Waals surface area contributed by atoms with E-state index in [1.807, 2.05) is 69.4 Å². The zero-order valence-corrected chi connectivity index (χ0v) is 15.3. The fraction of sp³-hybridized carbons (Fsp3) is 0.286. The van der Waals surface area contributed by atoms with Crippen molar-refractivity contribution in [1.82, 2.24) is 15.0 Å². The highest BCUT2D eigenvalue weighted by Crippen LogP contribution is 2.27. The average Bonchev–Trinajstić information content (AvgIpc) is 2.99. The molecule has 1 unspecified atom stereocenters. The van der Waals surface area contributed by atoms with E-state index in [-0.39, 0.29) is 11.9 Å². The summed E-state index contributed by atoms with van der Waals surface area (Å²) in [5, 5.41) is 3.96. The summed E-state index contributed by atoms with van der Waals surface area (Å²) in [6, 6.07) is 15.5. The van der Waals surface area contributed by atoms with Crippen molar-refractivity contribution in [2.45, 2.75) is 32.7 Å². The molecule has 0 spiro atoms. The number of hydrogen-bond donors (Lipinski definition) is 0. The third kappa shape index (κ3) is 3.82. The lowest BCUT2D eigenvalue weighted by molar-refractivity contribution is -0.131. The number of pyridine rings is 1. The highest BCUT2D eigenvalue weighted by molar-refractivity contribution is 5.77. The maximum absolute atomic E-state index is 12.9. The summed E-state index contributed by atoms with van der Waals surface area (Å²) in [6.45, 7) is 3.78. The fourth-order valence-electron chi connectivity index (χ4n) is 3.18. The van der Waals surface area contributed by atoms with Crippen LogP contribution in [0.1, 0.15) is 40.7 Å². The highest BCUT2D eigenvalue weighted by atomic mass is 16.5. The Morgan fingerprint density at radius 3 is 2.46 bits per heavy atom. The van der Waals surface area contributed by atoms with Crippen LogP contribution in [-0.2, 0) is 11.2 Å². The van der Waals surface area contributed by atoms with Crippen molar-refractivity contribution in [3.05, 3.63) is 83.0 Å². The van der Waals surface area contributed by atoms with Crippen molar-refractivity contribution >= 4 is 5.91 Å². The van der Waals surface area contributed by atoms with E-state index < -0.39 is 0 Å².